The van der Waals surface area contributed by atoms with E-state index in [1.54, 1.807) is 7.11 Å². The lowest BCUT2D eigenvalue weighted by Gasteiger charge is -2.49. The van der Waals surface area contributed by atoms with Gasteiger partial charge in [-0.1, -0.05) is 109 Å². The molecule has 0 saturated heterocycles. The highest BCUT2D eigenvalue weighted by Gasteiger charge is 2.54. The number of hydrogen-bond acceptors (Lipinski definition) is 5. The van der Waals surface area contributed by atoms with Crippen molar-refractivity contribution in [1.82, 2.24) is 0 Å². The summed E-state index contributed by atoms with van der Waals surface area (Å²) in [6.45, 7) is 13.9. The van der Waals surface area contributed by atoms with E-state index in [-0.39, 0.29) is 30.2 Å². The van der Waals surface area contributed by atoms with Crippen molar-refractivity contribution in [2.75, 3.05) is 26.8 Å². The normalized spacial score (nSPS) is 16.1. The van der Waals surface area contributed by atoms with E-state index in [4.69, 9.17) is 24.7 Å². The SMILES string of the molecule is C=CC(CO[Si](CCCN)(OC)OC(CCN)(C(C=C)c1ccccc1)C(C=C)c1ccccc1)c1ccccc1.Cl. The molecule has 0 saturated carbocycles. The molecule has 0 radical (unpaired) electrons. The molecule has 0 amide bonds. The summed E-state index contributed by atoms with van der Waals surface area (Å²) >= 11 is 0. The minimum atomic E-state index is -3.38. The molecule has 7 heteroatoms. The number of rotatable bonds is 19. The molecule has 0 spiro atoms. The van der Waals surface area contributed by atoms with Gasteiger partial charge in [0.25, 0.3) is 0 Å². The maximum Gasteiger partial charge on any atom is 0.501 e. The van der Waals surface area contributed by atoms with Gasteiger partial charge in [0.1, 0.15) is 0 Å². The summed E-state index contributed by atoms with van der Waals surface area (Å²) in [5.74, 6) is -0.496. The van der Waals surface area contributed by atoms with Gasteiger partial charge in [0, 0.05) is 37.5 Å². The van der Waals surface area contributed by atoms with Gasteiger partial charge in [-0.25, -0.2) is 0 Å². The summed E-state index contributed by atoms with van der Waals surface area (Å²) in [6, 6.07) is 31.3. The van der Waals surface area contributed by atoms with Gasteiger partial charge in [-0.2, -0.15) is 0 Å². The fourth-order valence-corrected chi connectivity index (χ4v) is 8.36. The topological polar surface area (TPSA) is 79.7 Å². The molecule has 4 N–H and O–H groups in total. The zero-order valence-corrected chi connectivity index (χ0v) is 26.6. The van der Waals surface area contributed by atoms with Crippen LogP contribution in [-0.4, -0.2) is 41.2 Å². The summed E-state index contributed by atoms with van der Waals surface area (Å²) in [5, 5.41) is 0. The van der Waals surface area contributed by atoms with Crippen molar-refractivity contribution < 1.29 is 13.3 Å². The molecule has 3 aromatic rings. The molecule has 0 fully saturated rings. The second kappa shape index (κ2) is 18.0. The first-order valence-corrected chi connectivity index (χ1v) is 16.3. The lowest BCUT2D eigenvalue weighted by molar-refractivity contribution is -0.0476. The van der Waals surface area contributed by atoms with E-state index in [0.717, 1.165) is 16.7 Å². The second-order valence-electron chi connectivity index (χ2n) is 10.2. The summed E-state index contributed by atoms with van der Waals surface area (Å²) in [6.07, 6.45) is 7.04. The first kappa shape index (κ1) is 35.4. The average Bonchev–Trinajstić information content (AvgIpc) is 3.02. The van der Waals surface area contributed by atoms with E-state index >= 15 is 0 Å². The Labute approximate surface area is 260 Å². The van der Waals surface area contributed by atoms with Crippen molar-refractivity contribution in [3.63, 3.8) is 0 Å². The van der Waals surface area contributed by atoms with Crippen LogP contribution in [-0.2, 0) is 13.3 Å². The van der Waals surface area contributed by atoms with Crippen LogP contribution in [0.1, 0.15) is 47.3 Å². The first-order valence-electron chi connectivity index (χ1n) is 14.3. The molecule has 0 aliphatic rings. The Morgan fingerprint density at radius 3 is 1.60 bits per heavy atom. The van der Waals surface area contributed by atoms with Gasteiger partial charge >= 0.3 is 8.80 Å². The molecule has 0 aliphatic heterocycles. The predicted molar refractivity (Wildman–Crippen MR) is 180 cm³/mol. The lowest BCUT2D eigenvalue weighted by atomic mass is 9.69. The van der Waals surface area contributed by atoms with Crippen LogP contribution in [0, 0.1) is 0 Å². The Morgan fingerprint density at radius 2 is 1.21 bits per heavy atom. The van der Waals surface area contributed by atoms with E-state index in [1.807, 2.05) is 72.8 Å². The predicted octanol–water partition coefficient (Wildman–Crippen LogP) is 7.37. The fraction of sp³-hybridized carbons (Fsp3) is 0.314. The zero-order chi connectivity index (χ0) is 29.6. The van der Waals surface area contributed by atoms with E-state index in [0.29, 0.717) is 38.6 Å². The first-order chi connectivity index (χ1) is 20.0. The molecule has 0 aliphatic carbocycles. The molecular weight excluding hydrogens is 560 g/mol. The third-order valence-corrected chi connectivity index (χ3v) is 10.6. The quantitative estimate of drug-likeness (QED) is 0.110. The molecule has 0 aromatic heterocycles. The smallest absolute Gasteiger partial charge is 0.377 e. The molecule has 4 atom stereocenters. The van der Waals surface area contributed by atoms with Gasteiger partial charge in [0.2, 0.25) is 0 Å². The Bertz CT molecular complexity index is 1150. The van der Waals surface area contributed by atoms with Crippen molar-refractivity contribution in [2.24, 2.45) is 11.5 Å². The van der Waals surface area contributed by atoms with Crippen molar-refractivity contribution in [3.05, 3.63) is 146 Å². The van der Waals surface area contributed by atoms with Gasteiger partial charge in [0.05, 0.1) is 5.60 Å². The Balaban J connectivity index is 0.00000616. The van der Waals surface area contributed by atoms with Gasteiger partial charge in [0.15, 0.2) is 0 Å². The summed E-state index contributed by atoms with van der Waals surface area (Å²) in [5.41, 5.74) is 14.8. The largest absolute Gasteiger partial charge is 0.501 e. The highest BCUT2D eigenvalue weighted by molar-refractivity contribution is 6.60. The van der Waals surface area contributed by atoms with E-state index < -0.39 is 14.4 Å². The van der Waals surface area contributed by atoms with Gasteiger partial charge < -0.3 is 24.7 Å². The maximum absolute atomic E-state index is 7.45. The monoisotopic (exact) mass is 606 g/mol. The van der Waals surface area contributed by atoms with Crippen molar-refractivity contribution >= 4 is 21.2 Å². The Kier molecular flexibility index (Phi) is 15.2. The Morgan fingerprint density at radius 1 is 0.738 bits per heavy atom. The molecule has 0 heterocycles. The van der Waals surface area contributed by atoms with Crippen LogP contribution in [0.25, 0.3) is 0 Å². The van der Waals surface area contributed by atoms with Crippen LogP contribution in [0.5, 0.6) is 0 Å². The molecule has 226 valence electrons. The number of benzene rings is 3. The molecule has 4 unspecified atom stereocenters. The molecule has 0 bridgehead atoms. The van der Waals surface area contributed by atoms with Crippen LogP contribution in [0.15, 0.2) is 129 Å². The van der Waals surface area contributed by atoms with Crippen LogP contribution >= 0.6 is 12.4 Å². The van der Waals surface area contributed by atoms with Crippen LogP contribution in [0.3, 0.4) is 0 Å². The van der Waals surface area contributed by atoms with Crippen LogP contribution < -0.4 is 11.5 Å². The average molecular weight is 607 g/mol. The standard InChI is InChI=1S/C35H46N2O3Si.ClH/c1-5-29(30-18-11-8-12-19-30)28-39-41(38-4,27-17-25-36)40-35(24-26-37,33(6-2)31-20-13-9-14-21-31)34(7-3)32-22-15-10-16-23-32;/h5-16,18-23,29,33-34H,1-3,17,24-28,36-37H2,4H3;1H. The highest BCUT2D eigenvalue weighted by Crippen LogP contribution is 2.48. The van der Waals surface area contributed by atoms with E-state index in [2.05, 4.69) is 56.1 Å². The van der Waals surface area contributed by atoms with Crippen molar-refractivity contribution in [2.45, 2.75) is 42.2 Å². The zero-order valence-electron chi connectivity index (χ0n) is 24.8. The second-order valence-corrected chi connectivity index (χ2v) is 13.0. The number of nitrogens with two attached hydrogens (primary N) is 2. The maximum atomic E-state index is 7.45. The van der Waals surface area contributed by atoms with Crippen LogP contribution in [0.4, 0.5) is 0 Å². The summed E-state index contributed by atoms with van der Waals surface area (Å²) < 4.78 is 20.6. The summed E-state index contributed by atoms with van der Waals surface area (Å²) in [7, 11) is -1.70. The highest BCUT2D eigenvalue weighted by atomic mass is 35.5. The van der Waals surface area contributed by atoms with Gasteiger partial charge in [-0.15, -0.1) is 32.1 Å². The number of hydrogen-bond donors (Lipinski definition) is 2. The van der Waals surface area contributed by atoms with Gasteiger partial charge in [-0.3, -0.25) is 0 Å². The lowest BCUT2D eigenvalue weighted by Crippen LogP contribution is -2.58. The van der Waals surface area contributed by atoms with E-state index in [1.165, 1.54) is 0 Å². The third-order valence-electron chi connectivity index (χ3n) is 7.72. The Hall–Kier alpha value is -2.81. The molecule has 3 rings (SSSR count). The minimum absolute atomic E-state index is 0. The fourth-order valence-electron chi connectivity index (χ4n) is 5.64. The van der Waals surface area contributed by atoms with Crippen molar-refractivity contribution in [3.8, 4) is 0 Å². The van der Waals surface area contributed by atoms with Crippen LogP contribution in [0.2, 0.25) is 6.04 Å². The minimum Gasteiger partial charge on any atom is -0.377 e. The van der Waals surface area contributed by atoms with E-state index in [9.17, 15) is 0 Å². The third kappa shape index (κ3) is 8.61. The van der Waals surface area contributed by atoms with Crippen molar-refractivity contribution in [1.29, 1.82) is 0 Å². The molecule has 3 aromatic carbocycles. The molecule has 5 nitrogen and oxygen atoms in total. The molecule has 42 heavy (non-hydrogen) atoms. The van der Waals surface area contributed by atoms with Gasteiger partial charge in [-0.05, 0) is 42.6 Å². The summed E-state index contributed by atoms with van der Waals surface area (Å²) in [4.78, 5) is 0. The number of halogens is 1. The molecular formula is C35H47ClN2O3Si.